The molecule has 5 rings (SSSR count). The largest absolute Gasteiger partial charge is 0.432 e. The summed E-state index contributed by atoms with van der Waals surface area (Å²) in [7, 11) is 0. The molecule has 4 aromatic rings. The molecule has 0 aliphatic carbocycles. The molecule has 1 heterocycles. The topological polar surface area (TPSA) is 27.7 Å². The third-order valence-electron chi connectivity index (χ3n) is 8.32. The first-order chi connectivity index (χ1) is 23.4. The minimum atomic E-state index is -4.68. The molecule has 4 aromatic carbocycles. The molecule has 12 heteroatoms. The lowest BCUT2D eigenvalue weighted by Crippen LogP contribution is -2.27. The van der Waals surface area contributed by atoms with Gasteiger partial charge in [0.1, 0.15) is 34.6 Å². The van der Waals surface area contributed by atoms with Crippen LogP contribution < -0.4 is 4.74 Å². The van der Waals surface area contributed by atoms with Crippen molar-refractivity contribution < 1.29 is 53.7 Å². The van der Waals surface area contributed by atoms with Gasteiger partial charge < -0.3 is 14.2 Å². The third kappa shape index (κ3) is 8.59. The highest BCUT2D eigenvalue weighted by Crippen LogP contribution is 2.39. The quantitative estimate of drug-likeness (QED) is 0.0791. The van der Waals surface area contributed by atoms with Gasteiger partial charge in [-0.25, -0.2) is 30.7 Å². The van der Waals surface area contributed by atoms with Crippen molar-refractivity contribution in [3.8, 4) is 28.0 Å². The van der Waals surface area contributed by atoms with Crippen molar-refractivity contribution in [1.82, 2.24) is 0 Å². The highest BCUT2D eigenvalue weighted by molar-refractivity contribution is 5.66. The maximum Gasteiger partial charge on any atom is 0.432 e. The Kier molecular flexibility index (Phi) is 11.6. The van der Waals surface area contributed by atoms with Crippen molar-refractivity contribution in [2.75, 3.05) is 13.2 Å². The van der Waals surface area contributed by atoms with Gasteiger partial charge in [-0.15, -0.1) is 0 Å². The van der Waals surface area contributed by atoms with E-state index in [1.54, 1.807) is 0 Å². The number of rotatable bonds is 13. The normalized spacial score (nSPS) is 16.6. The fourth-order valence-corrected chi connectivity index (χ4v) is 5.74. The predicted octanol–water partition coefficient (Wildman–Crippen LogP) is 11.5. The average Bonchev–Trinajstić information content (AvgIpc) is 3.04. The molecule has 0 atom stereocenters. The Hall–Kier alpha value is -4.03. The molecular weight excluding hydrogens is 663 g/mol. The van der Waals surface area contributed by atoms with Crippen molar-refractivity contribution in [1.29, 1.82) is 0 Å². The van der Waals surface area contributed by atoms with E-state index in [-0.39, 0.29) is 17.0 Å². The van der Waals surface area contributed by atoms with Gasteiger partial charge in [0.15, 0.2) is 23.7 Å². The SMILES string of the molecule is CCCCCCCCC1COC(c2ccc(-c3cc(F)c(C(F)(F)Oc4ccc(-c5cc(F)c(F)c(F)c5)c(F)c4)c(F)c3)c(F)c2)OC1. The number of hydrogen-bond donors (Lipinski definition) is 0. The Bertz CT molecular complexity index is 1720. The molecule has 262 valence electrons. The van der Waals surface area contributed by atoms with Crippen molar-refractivity contribution in [2.24, 2.45) is 5.92 Å². The number of unbranched alkanes of at least 4 members (excludes halogenated alkanes) is 5. The van der Waals surface area contributed by atoms with Gasteiger partial charge in [-0.1, -0.05) is 57.6 Å². The van der Waals surface area contributed by atoms with Gasteiger partial charge in [0.05, 0.1) is 13.2 Å². The van der Waals surface area contributed by atoms with Crippen LogP contribution in [0.4, 0.5) is 39.5 Å². The molecule has 0 saturated carbocycles. The summed E-state index contributed by atoms with van der Waals surface area (Å²) >= 11 is 0. The van der Waals surface area contributed by atoms with Crippen LogP contribution in [0.15, 0.2) is 60.7 Å². The highest BCUT2D eigenvalue weighted by Gasteiger charge is 2.41. The maximum atomic E-state index is 15.2. The summed E-state index contributed by atoms with van der Waals surface area (Å²) in [5.41, 5.74) is -3.06. The van der Waals surface area contributed by atoms with Crippen LogP contribution in [0.1, 0.15) is 69.3 Å². The molecule has 0 radical (unpaired) electrons. The minimum absolute atomic E-state index is 0.217. The highest BCUT2D eigenvalue weighted by atomic mass is 19.3. The van der Waals surface area contributed by atoms with E-state index in [1.807, 2.05) is 0 Å². The average molecular weight is 697 g/mol. The summed E-state index contributed by atoms with van der Waals surface area (Å²) in [4.78, 5) is 0. The zero-order valence-electron chi connectivity index (χ0n) is 26.4. The van der Waals surface area contributed by atoms with E-state index in [9.17, 15) is 17.6 Å². The predicted molar refractivity (Wildman–Crippen MR) is 164 cm³/mol. The Labute approximate surface area is 277 Å². The number of benzene rings is 4. The monoisotopic (exact) mass is 696 g/mol. The van der Waals surface area contributed by atoms with Crippen LogP contribution in [0.2, 0.25) is 0 Å². The zero-order chi connectivity index (χ0) is 35.3. The van der Waals surface area contributed by atoms with Gasteiger partial charge in [0, 0.05) is 28.7 Å². The van der Waals surface area contributed by atoms with E-state index in [2.05, 4.69) is 11.7 Å². The summed E-state index contributed by atoms with van der Waals surface area (Å²) < 4.78 is 146. The maximum absolute atomic E-state index is 15.2. The zero-order valence-corrected chi connectivity index (χ0v) is 26.4. The van der Waals surface area contributed by atoms with Crippen molar-refractivity contribution in [3.05, 3.63) is 113 Å². The molecule has 1 saturated heterocycles. The Balaban J connectivity index is 1.25. The molecule has 0 unspecified atom stereocenters. The van der Waals surface area contributed by atoms with E-state index < -0.39 is 75.6 Å². The molecule has 0 aromatic heterocycles. The van der Waals surface area contributed by atoms with Gasteiger partial charge in [-0.05, 0) is 60.0 Å². The van der Waals surface area contributed by atoms with E-state index >= 15 is 22.0 Å². The van der Waals surface area contributed by atoms with Crippen molar-refractivity contribution in [2.45, 2.75) is 64.3 Å². The fraction of sp³-hybridized carbons (Fsp3) is 0.351. The van der Waals surface area contributed by atoms with Gasteiger partial charge in [0.2, 0.25) is 0 Å². The smallest absolute Gasteiger partial charge is 0.429 e. The molecule has 0 bridgehead atoms. The van der Waals surface area contributed by atoms with Gasteiger partial charge in [-0.3, -0.25) is 0 Å². The Morgan fingerprint density at radius 1 is 0.633 bits per heavy atom. The lowest BCUT2D eigenvalue weighted by atomic mass is 9.99. The number of alkyl halides is 2. The summed E-state index contributed by atoms with van der Waals surface area (Å²) in [6.07, 6.45) is 2.46. The molecule has 1 fully saturated rings. The van der Waals surface area contributed by atoms with Crippen LogP contribution in [-0.4, -0.2) is 13.2 Å². The van der Waals surface area contributed by atoms with Crippen LogP contribution in [0.3, 0.4) is 0 Å². The first kappa shape index (κ1) is 36.3. The standard InChI is InChI=1S/C37H33F9O3/c1-2-3-4-5-6-7-8-21-19-47-36(48-20-21)22-9-11-26(28(38)13-22)23-14-30(40)34(31(41)15-23)37(45,46)49-25-10-12-27(29(39)18-25)24-16-32(42)35(44)33(43)17-24/h9-18,21,36H,2-8,19-20H2,1H3. The van der Waals surface area contributed by atoms with Gasteiger partial charge >= 0.3 is 6.11 Å². The van der Waals surface area contributed by atoms with Crippen molar-refractivity contribution in [3.63, 3.8) is 0 Å². The lowest BCUT2D eigenvalue weighted by molar-refractivity contribution is -0.206. The Morgan fingerprint density at radius 3 is 1.73 bits per heavy atom. The number of halogens is 9. The molecule has 1 aliphatic heterocycles. The molecule has 0 amide bonds. The summed E-state index contributed by atoms with van der Waals surface area (Å²) in [5, 5.41) is 0. The summed E-state index contributed by atoms with van der Waals surface area (Å²) in [5.74, 6) is -11.4. The summed E-state index contributed by atoms with van der Waals surface area (Å²) in [6.45, 7) is 3.03. The second-order valence-corrected chi connectivity index (χ2v) is 12.0. The molecule has 0 N–H and O–H groups in total. The second-order valence-electron chi connectivity index (χ2n) is 12.0. The van der Waals surface area contributed by atoms with Crippen LogP contribution in [0.5, 0.6) is 5.75 Å². The molecule has 1 aliphatic rings. The molecule has 3 nitrogen and oxygen atoms in total. The summed E-state index contributed by atoms with van der Waals surface area (Å²) in [6, 6.07) is 7.76. The third-order valence-corrected chi connectivity index (χ3v) is 8.32. The van der Waals surface area contributed by atoms with E-state index in [1.165, 1.54) is 37.8 Å². The van der Waals surface area contributed by atoms with E-state index in [4.69, 9.17) is 9.47 Å². The first-order valence-electron chi connectivity index (χ1n) is 15.9. The van der Waals surface area contributed by atoms with Crippen LogP contribution in [0, 0.1) is 46.6 Å². The van der Waals surface area contributed by atoms with Crippen molar-refractivity contribution >= 4 is 0 Å². The van der Waals surface area contributed by atoms with E-state index in [0.29, 0.717) is 49.1 Å². The minimum Gasteiger partial charge on any atom is -0.429 e. The van der Waals surface area contributed by atoms with Crippen LogP contribution in [0.25, 0.3) is 22.3 Å². The van der Waals surface area contributed by atoms with Gasteiger partial charge in [0.25, 0.3) is 0 Å². The molecular formula is C37H33F9O3. The van der Waals surface area contributed by atoms with Crippen LogP contribution >= 0.6 is 0 Å². The molecule has 0 spiro atoms. The number of ether oxygens (including phenoxy) is 3. The number of hydrogen-bond acceptors (Lipinski definition) is 3. The first-order valence-corrected chi connectivity index (χ1v) is 15.9. The molecule has 49 heavy (non-hydrogen) atoms. The fourth-order valence-electron chi connectivity index (χ4n) is 5.74. The Morgan fingerprint density at radius 2 is 1.16 bits per heavy atom. The lowest BCUT2D eigenvalue weighted by Gasteiger charge is -2.30. The van der Waals surface area contributed by atoms with Gasteiger partial charge in [-0.2, -0.15) is 8.78 Å². The second kappa shape index (κ2) is 15.7. The van der Waals surface area contributed by atoms with E-state index in [0.717, 1.165) is 37.5 Å². The van der Waals surface area contributed by atoms with Crippen LogP contribution in [-0.2, 0) is 15.6 Å².